The van der Waals surface area contributed by atoms with Crippen LogP contribution in [0.25, 0.3) is 0 Å². The Balaban J connectivity index is 1.88. The molecule has 1 amide bonds. The van der Waals surface area contributed by atoms with Crippen molar-refractivity contribution in [2.45, 2.75) is 43.5 Å². The van der Waals surface area contributed by atoms with Crippen LogP contribution in [-0.4, -0.2) is 28.2 Å². The molecule has 0 aromatic heterocycles. The van der Waals surface area contributed by atoms with Gasteiger partial charge in [0.15, 0.2) is 0 Å². The van der Waals surface area contributed by atoms with Crippen LogP contribution in [0.5, 0.6) is 0 Å². The van der Waals surface area contributed by atoms with Gasteiger partial charge >= 0.3 is 0 Å². The number of alkyl halides is 1. The molecule has 1 saturated heterocycles. The van der Waals surface area contributed by atoms with Gasteiger partial charge < -0.3 is 4.90 Å². The molecule has 0 bridgehead atoms. The number of hydrogen-bond donors (Lipinski definition) is 0. The van der Waals surface area contributed by atoms with Crippen LogP contribution in [0.15, 0.2) is 30.3 Å². The fourth-order valence-corrected chi connectivity index (χ4v) is 3.05. The third-order valence-electron chi connectivity index (χ3n) is 3.63. The van der Waals surface area contributed by atoms with E-state index >= 15 is 0 Å². The minimum absolute atomic E-state index is 0.0328. The molecule has 1 aromatic rings. The molecule has 0 aliphatic carbocycles. The van der Waals surface area contributed by atoms with Crippen LogP contribution in [0.1, 0.15) is 31.7 Å². The summed E-state index contributed by atoms with van der Waals surface area (Å²) in [5.41, 5.74) is 1.35. The Morgan fingerprint density at radius 1 is 1.39 bits per heavy atom. The molecule has 1 aromatic carbocycles. The first-order chi connectivity index (χ1) is 8.68. The van der Waals surface area contributed by atoms with Gasteiger partial charge in [-0.05, 0) is 38.2 Å². The van der Waals surface area contributed by atoms with Gasteiger partial charge in [0.2, 0.25) is 5.91 Å². The van der Waals surface area contributed by atoms with E-state index in [-0.39, 0.29) is 10.7 Å². The number of nitrogens with zero attached hydrogens (tertiary/aromatic N) is 1. The highest BCUT2D eigenvalue weighted by Gasteiger charge is 2.29. The summed E-state index contributed by atoms with van der Waals surface area (Å²) in [4.78, 5) is 14.1. The minimum Gasteiger partial charge on any atom is -0.339 e. The van der Waals surface area contributed by atoms with E-state index in [4.69, 9.17) is 0 Å². The largest absolute Gasteiger partial charge is 0.339 e. The van der Waals surface area contributed by atoms with E-state index in [1.54, 1.807) is 0 Å². The summed E-state index contributed by atoms with van der Waals surface area (Å²) in [7, 11) is 0. The Kier molecular flexibility index (Phi) is 4.81. The van der Waals surface area contributed by atoms with E-state index in [1.165, 1.54) is 5.56 Å². The van der Waals surface area contributed by atoms with Crippen molar-refractivity contribution < 1.29 is 4.79 Å². The highest BCUT2D eigenvalue weighted by atomic mass is 79.9. The Hall–Kier alpha value is -0.830. The number of aryl methyl sites for hydroxylation is 1. The van der Waals surface area contributed by atoms with Gasteiger partial charge in [-0.2, -0.15) is 0 Å². The fraction of sp³-hybridized carbons (Fsp3) is 0.533. The van der Waals surface area contributed by atoms with Crippen molar-refractivity contribution in [1.29, 1.82) is 0 Å². The lowest BCUT2D eigenvalue weighted by Gasteiger charge is -2.35. The van der Waals surface area contributed by atoms with Gasteiger partial charge in [0, 0.05) is 12.6 Å². The van der Waals surface area contributed by atoms with Crippen LogP contribution in [0.4, 0.5) is 0 Å². The summed E-state index contributed by atoms with van der Waals surface area (Å²) < 4.78 is 0. The zero-order valence-corrected chi connectivity index (χ0v) is 12.4. The molecule has 18 heavy (non-hydrogen) atoms. The highest BCUT2D eigenvalue weighted by Crippen LogP contribution is 2.22. The van der Waals surface area contributed by atoms with E-state index < -0.39 is 0 Å². The van der Waals surface area contributed by atoms with E-state index in [1.807, 2.05) is 11.0 Å². The molecular weight excluding hydrogens is 290 g/mol. The highest BCUT2D eigenvalue weighted by molar-refractivity contribution is 9.10. The number of halogens is 1. The summed E-state index contributed by atoms with van der Waals surface area (Å²) in [5.74, 6) is 0.266. The monoisotopic (exact) mass is 309 g/mol. The number of rotatable bonds is 4. The van der Waals surface area contributed by atoms with Gasteiger partial charge in [-0.15, -0.1) is 0 Å². The summed E-state index contributed by atoms with van der Waals surface area (Å²) in [5, 5.41) is 0. The van der Waals surface area contributed by atoms with Crippen LogP contribution in [0.3, 0.4) is 0 Å². The predicted molar refractivity (Wildman–Crippen MR) is 77.9 cm³/mol. The average Bonchev–Trinajstić information content (AvgIpc) is 2.40. The number of carbonyl (C=O) groups is 1. The lowest BCUT2D eigenvalue weighted by molar-refractivity contribution is -0.134. The van der Waals surface area contributed by atoms with Gasteiger partial charge in [0.05, 0.1) is 4.83 Å². The third-order valence-corrected chi connectivity index (χ3v) is 4.48. The average molecular weight is 310 g/mol. The van der Waals surface area contributed by atoms with Gasteiger partial charge in [-0.25, -0.2) is 0 Å². The molecule has 2 unspecified atom stereocenters. The van der Waals surface area contributed by atoms with Crippen molar-refractivity contribution in [3.05, 3.63) is 35.9 Å². The van der Waals surface area contributed by atoms with Crippen molar-refractivity contribution >= 4 is 21.8 Å². The second kappa shape index (κ2) is 6.37. The number of benzene rings is 1. The van der Waals surface area contributed by atoms with Gasteiger partial charge in [0.1, 0.15) is 0 Å². The molecule has 2 rings (SSSR count). The molecule has 0 N–H and O–H groups in total. The normalized spacial score (nSPS) is 22.0. The quantitative estimate of drug-likeness (QED) is 0.781. The predicted octanol–water partition coefficient (Wildman–Crippen LogP) is 3.39. The van der Waals surface area contributed by atoms with Crippen LogP contribution in [-0.2, 0) is 11.2 Å². The molecule has 3 heteroatoms. The van der Waals surface area contributed by atoms with Gasteiger partial charge in [0.25, 0.3) is 0 Å². The zero-order valence-electron chi connectivity index (χ0n) is 10.8. The zero-order chi connectivity index (χ0) is 13.0. The van der Waals surface area contributed by atoms with Crippen molar-refractivity contribution in [2.75, 3.05) is 6.54 Å². The Morgan fingerprint density at radius 2 is 2.11 bits per heavy atom. The second-order valence-corrected chi connectivity index (χ2v) is 6.12. The van der Waals surface area contributed by atoms with Crippen molar-refractivity contribution in [3.8, 4) is 0 Å². The molecule has 0 radical (unpaired) electrons. The molecule has 2 atom stereocenters. The maximum atomic E-state index is 12.1. The maximum Gasteiger partial charge on any atom is 0.236 e. The lowest BCUT2D eigenvalue weighted by Crippen LogP contribution is -2.46. The maximum absolute atomic E-state index is 12.1. The molecule has 98 valence electrons. The van der Waals surface area contributed by atoms with Crippen LogP contribution >= 0.6 is 15.9 Å². The number of amides is 1. The fourth-order valence-electron chi connectivity index (χ4n) is 2.47. The Labute approximate surface area is 117 Å². The Morgan fingerprint density at radius 3 is 2.83 bits per heavy atom. The smallest absolute Gasteiger partial charge is 0.236 e. The standard InChI is InChI=1S/C15H20BrNO/c1-12(9-10-13-6-3-2-4-7-13)17-11-5-8-14(16)15(17)18/h2-4,6-7,12,14H,5,8-11H2,1H3. The number of piperidine rings is 1. The minimum atomic E-state index is 0.0328. The summed E-state index contributed by atoms with van der Waals surface area (Å²) in [6, 6.07) is 10.8. The topological polar surface area (TPSA) is 20.3 Å². The van der Waals surface area contributed by atoms with Crippen LogP contribution in [0, 0.1) is 0 Å². The van der Waals surface area contributed by atoms with E-state index in [2.05, 4.69) is 47.1 Å². The molecule has 1 fully saturated rings. The van der Waals surface area contributed by atoms with Gasteiger partial charge in [-0.1, -0.05) is 46.3 Å². The van der Waals surface area contributed by atoms with Crippen LogP contribution in [0.2, 0.25) is 0 Å². The molecule has 1 aliphatic rings. The first-order valence-corrected chi connectivity index (χ1v) is 7.58. The first kappa shape index (κ1) is 13.6. The van der Waals surface area contributed by atoms with E-state index in [0.717, 1.165) is 32.2 Å². The molecule has 2 nitrogen and oxygen atoms in total. The third kappa shape index (κ3) is 3.35. The lowest BCUT2D eigenvalue weighted by atomic mass is 10.0. The molecular formula is C15H20BrNO. The SMILES string of the molecule is CC(CCc1ccccc1)N1CCCC(Br)C1=O. The summed E-state index contributed by atoms with van der Waals surface area (Å²) in [6.45, 7) is 3.07. The molecule has 0 spiro atoms. The number of carbonyl (C=O) groups excluding carboxylic acids is 1. The van der Waals surface area contributed by atoms with Gasteiger partial charge in [-0.3, -0.25) is 4.79 Å². The summed E-state index contributed by atoms with van der Waals surface area (Å²) >= 11 is 3.47. The van der Waals surface area contributed by atoms with Crippen LogP contribution < -0.4 is 0 Å². The summed E-state index contributed by atoms with van der Waals surface area (Å²) in [6.07, 6.45) is 4.16. The number of hydrogen-bond acceptors (Lipinski definition) is 1. The Bertz CT molecular complexity index is 393. The second-order valence-electron chi connectivity index (χ2n) is 5.01. The molecule has 1 heterocycles. The first-order valence-electron chi connectivity index (χ1n) is 6.67. The number of likely N-dealkylation sites (tertiary alicyclic amines) is 1. The van der Waals surface area contributed by atoms with E-state index in [9.17, 15) is 4.79 Å². The van der Waals surface area contributed by atoms with Crippen molar-refractivity contribution in [1.82, 2.24) is 4.90 Å². The van der Waals surface area contributed by atoms with E-state index in [0.29, 0.717) is 6.04 Å². The van der Waals surface area contributed by atoms with Crippen molar-refractivity contribution in [3.63, 3.8) is 0 Å². The molecule has 0 saturated carbocycles. The van der Waals surface area contributed by atoms with Crippen molar-refractivity contribution in [2.24, 2.45) is 0 Å². The molecule has 1 aliphatic heterocycles.